The fourth-order valence-electron chi connectivity index (χ4n) is 1.76. The van der Waals surface area contributed by atoms with E-state index in [0.717, 1.165) is 6.42 Å². The van der Waals surface area contributed by atoms with Crippen molar-refractivity contribution in [2.45, 2.75) is 19.8 Å². The van der Waals surface area contributed by atoms with Gasteiger partial charge in [0.05, 0.1) is 13.0 Å². The lowest BCUT2D eigenvalue weighted by molar-refractivity contribution is -0.133. The van der Waals surface area contributed by atoms with Gasteiger partial charge in [0.15, 0.2) is 0 Å². The molecule has 2 N–H and O–H groups in total. The Balaban J connectivity index is 2.28. The first-order valence-electron chi connectivity index (χ1n) is 6.08. The highest BCUT2D eigenvalue weighted by molar-refractivity contribution is 7.86. The Morgan fingerprint density at radius 3 is 2.33 bits per heavy atom. The summed E-state index contributed by atoms with van der Waals surface area (Å²) in [5.41, 5.74) is 0. The summed E-state index contributed by atoms with van der Waals surface area (Å²) < 4.78 is 28.6. The van der Waals surface area contributed by atoms with Crippen LogP contribution in [-0.4, -0.2) is 62.9 Å². The molecular formula is C10H21N3O4S. The van der Waals surface area contributed by atoms with Gasteiger partial charge in [-0.2, -0.15) is 12.7 Å². The van der Waals surface area contributed by atoms with Gasteiger partial charge in [-0.05, 0) is 6.42 Å². The lowest BCUT2D eigenvalue weighted by atomic mass is 10.3. The summed E-state index contributed by atoms with van der Waals surface area (Å²) in [4.78, 5) is 13.4. The van der Waals surface area contributed by atoms with Crippen LogP contribution in [0.2, 0.25) is 0 Å². The zero-order chi connectivity index (χ0) is 13.6. The van der Waals surface area contributed by atoms with Crippen molar-refractivity contribution in [1.29, 1.82) is 0 Å². The third kappa shape index (κ3) is 4.89. The molecule has 0 atom stereocenters. The Labute approximate surface area is 108 Å². The molecule has 106 valence electrons. The molecule has 1 aliphatic heterocycles. The summed E-state index contributed by atoms with van der Waals surface area (Å²) in [6.45, 7) is 4.40. The second-order valence-corrected chi connectivity index (χ2v) is 5.73. The topological polar surface area (TPSA) is 92.9 Å². The SMILES string of the molecule is CCCOCCC(=O)N1CCN(S(N)(=O)=O)CC1. The smallest absolute Gasteiger partial charge is 0.277 e. The molecule has 0 unspecified atom stereocenters. The normalized spacial score (nSPS) is 18.0. The molecule has 0 radical (unpaired) electrons. The summed E-state index contributed by atoms with van der Waals surface area (Å²) in [6, 6.07) is 0. The van der Waals surface area contributed by atoms with Crippen LogP contribution in [0.3, 0.4) is 0 Å². The van der Waals surface area contributed by atoms with Gasteiger partial charge in [0.1, 0.15) is 0 Å². The van der Waals surface area contributed by atoms with Crippen LogP contribution in [0.5, 0.6) is 0 Å². The average Bonchev–Trinajstić information content (AvgIpc) is 2.33. The number of hydrogen-bond donors (Lipinski definition) is 1. The van der Waals surface area contributed by atoms with E-state index in [9.17, 15) is 13.2 Å². The minimum atomic E-state index is -3.63. The highest BCUT2D eigenvalue weighted by Gasteiger charge is 2.25. The maximum Gasteiger partial charge on any atom is 0.277 e. The maximum atomic E-state index is 11.8. The Kier molecular flexibility index (Phi) is 6.00. The summed E-state index contributed by atoms with van der Waals surface area (Å²) >= 11 is 0. The fraction of sp³-hybridized carbons (Fsp3) is 0.900. The largest absolute Gasteiger partial charge is 0.381 e. The van der Waals surface area contributed by atoms with E-state index in [1.807, 2.05) is 6.92 Å². The maximum absolute atomic E-state index is 11.8. The molecular weight excluding hydrogens is 258 g/mol. The van der Waals surface area contributed by atoms with E-state index in [0.29, 0.717) is 32.7 Å². The molecule has 0 aliphatic carbocycles. The quantitative estimate of drug-likeness (QED) is 0.641. The van der Waals surface area contributed by atoms with E-state index in [2.05, 4.69) is 0 Å². The summed E-state index contributed by atoms with van der Waals surface area (Å²) in [5, 5.41) is 5.02. The predicted molar refractivity (Wildman–Crippen MR) is 67.0 cm³/mol. The number of carbonyl (C=O) groups is 1. The minimum Gasteiger partial charge on any atom is -0.381 e. The number of nitrogens with zero attached hydrogens (tertiary/aromatic N) is 2. The van der Waals surface area contributed by atoms with Gasteiger partial charge in [-0.3, -0.25) is 4.79 Å². The Bertz CT molecular complexity index is 363. The van der Waals surface area contributed by atoms with E-state index >= 15 is 0 Å². The Morgan fingerprint density at radius 1 is 1.22 bits per heavy atom. The zero-order valence-electron chi connectivity index (χ0n) is 10.7. The van der Waals surface area contributed by atoms with Gasteiger partial charge in [-0.25, -0.2) is 5.14 Å². The molecule has 0 aromatic rings. The molecule has 18 heavy (non-hydrogen) atoms. The summed E-state index contributed by atoms with van der Waals surface area (Å²) in [6.07, 6.45) is 1.27. The molecule has 0 saturated carbocycles. The monoisotopic (exact) mass is 279 g/mol. The molecule has 1 fully saturated rings. The molecule has 1 amide bonds. The van der Waals surface area contributed by atoms with Gasteiger partial charge >= 0.3 is 0 Å². The van der Waals surface area contributed by atoms with E-state index in [1.165, 1.54) is 4.31 Å². The average molecular weight is 279 g/mol. The minimum absolute atomic E-state index is 0.000160. The number of rotatable bonds is 6. The Hall–Kier alpha value is -0.700. The van der Waals surface area contributed by atoms with Gasteiger partial charge in [-0.1, -0.05) is 6.92 Å². The molecule has 0 aromatic heterocycles. The van der Waals surface area contributed by atoms with Crippen molar-refractivity contribution in [2.24, 2.45) is 5.14 Å². The first-order chi connectivity index (χ1) is 8.45. The number of nitrogens with two attached hydrogens (primary N) is 1. The van der Waals surface area contributed by atoms with Gasteiger partial charge in [0, 0.05) is 32.8 Å². The van der Waals surface area contributed by atoms with Gasteiger partial charge in [0.25, 0.3) is 10.2 Å². The molecule has 8 heteroatoms. The molecule has 0 bridgehead atoms. The van der Waals surface area contributed by atoms with Crippen LogP contribution >= 0.6 is 0 Å². The fourth-order valence-corrected chi connectivity index (χ4v) is 2.43. The van der Waals surface area contributed by atoms with Gasteiger partial charge < -0.3 is 9.64 Å². The second kappa shape index (κ2) is 7.03. The molecule has 1 aliphatic rings. The van der Waals surface area contributed by atoms with Gasteiger partial charge in [-0.15, -0.1) is 0 Å². The molecule has 0 spiro atoms. The van der Waals surface area contributed by atoms with E-state index in [-0.39, 0.29) is 19.0 Å². The van der Waals surface area contributed by atoms with Crippen molar-refractivity contribution in [2.75, 3.05) is 39.4 Å². The van der Waals surface area contributed by atoms with Crippen LogP contribution in [0.4, 0.5) is 0 Å². The molecule has 1 heterocycles. The molecule has 1 rings (SSSR count). The summed E-state index contributed by atoms with van der Waals surface area (Å²) in [5.74, 6) is 0.000160. The third-order valence-corrected chi connectivity index (χ3v) is 3.84. The van der Waals surface area contributed by atoms with Crippen molar-refractivity contribution >= 4 is 16.1 Å². The Morgan fingerprint density at radius 2 is 1.83 bits per heavy atom. The lowest BCUT2D eigenvalue weighted by Gasteiger charge is -2.32. The second-order valence-electron chi connectivity index (χ2n) is 4.19. The molecule has 0 aromatic carbocycles. The van der Waals surface area contributed by atoms with Crippen molar-refractivity contribution < 1.29 is 17.9 Å². The van der Waals surface area contributed by atoms with Crippen LogP contribution in [0.1, 0.15) is 19.8 Å². The van der Waals surface area contributed by atoms with Crippen molar-refractivity contribution in [3.8, 4) is 0 Å². The molecule has 7 nitrogen and oxygen atoms in total. The summed E-state index contributed by atoms with van der Waals surface area (Å²) in [7, 11) is -3.63. The highest BCUT2D eigenvalue weighted by atomic mass is 32.2. The lowest BCUT2D eigenvalue weighted by Crippen LogP contribution is -2.52. The van der Waals surface area contributed by atoms with E-state index in [1.54, 1.807) is 4.90 Å². The van der Waals surface area contributed by atoms with Crippen LogP contribution in [0, 0.1) is 0 Å². The number of amides is 1. The predicted octanol–water partition coefficient (Wildman–Crippen LogP) is -0.849. The number of hydrogen-bond acceptors (Lipinski definition) is 4. The van der Waals surface area contributed by atoms with Crippen molar-refractivity contribution in [3.63, 3.8) is 0 Å². The van der Waals surface area contributed by atoms with Gasteiger partial charge in [0.2, 0.25) is 5.91 Å². The van der Waals surface area contributed by atoms with E-state index < -0.39 is 10.2 Å². The first-order valence-corrected chi connectivity index (χ1v) is 7.59. The number of piperazine rings is 1. The van der Waals surface area contributed by atoms with Crippen molar-refractivity contribution in [3.05, 3.63) is 0 Å². The zero-order valence-corrected chi connectivity index (χ0v) is 11.5. The molecule has 1 saturated heterocycles. The highest BCUT2D eigenvalue weighted by Crippen LogP contribution is 2.06. The van der Waals surface area contributed by atoms with Crippen molar-refractivity contribution in [1.82, 2.24) is 9.21 Å². The van der Waals surface area contributed by atoms with Crippen LogP contribution in [0.15, 0.2) is 0 Å². The number of carbonyl (C=O) groups excluding carboxylic acids is 1. The van der Waals surface area contributed by atoms with E-state index in [4.69, 9.17) is 9.88 Å². The first kappa shape index (κ1) is 15.4. The van der Waals surface area contributed by atoms with Crippen LogP contribution in [-0.2, 0) is 19.7 Å². The standard InChI is InChI=1S/C10H21N3O4S/c1-2-8-17-9-3-10(14)12-4-6-13(7-5-12)18(11,15)16/h2-9H2,1H3,(H2,11,15,16). The van der Waals surface area contributed by atoms with Crippen LogP contribution < -0.4 is 5.14 Å². The number of ether oxygens (including phenoxy) is 1. The third-order valence-electron chi connectivity index (χ3n) is 2.76. The van der Waals surface area contributed by atoms with Crippen LogP contribution in [0.25, 0.3) is 0 Å².